The topological polar surface area (TPSA) is 37.8 Å². The van der Waals surface area contributed by atoms with Crippen LogP contribution < -0.4 is 5.32 Å². The zero-order valence-corrected chi connectivity index (χ0v) is 12.9. The lowest BCUT2D eigenvalue weighted by Gasteiger charge is -2.15. The van der Waals surface area contributed by atoms with E-state index in [9.17, 15) is 0 Å². The van der Waals surface area contributed by atoms with Crippen LogP contribution in [0.15, 0.2) is 30.5 Å². The van der Waals surface area contributed by atoms with E-state index in [4.69, 9.17) is 11.6 Å². The Labute approximate surface area is 125 Å². The lowest BCUT2D eigenvalue weighted by atomic mass is 10.1. The van der Waals surface area contributed by atoms with Gasteiger partial charge in [-0.2, -0.15) is 0 Å². The first-order valence-corrected chi connectivity index (χ1v) is 7.32. The third-order valence-corrected chi connectivity index (χ3v) is 3.54. The van der Waals surface area contributed by atoms with Crippen LogP contribution in [-0.4, -0.2) is 16.5 Å². The fourth-order valence-corrected chi connectivity index (χ4v) is 2.24. The minimum atomic E-state index is 0.272. The molecule has 0 amide bonds. The van der Waals surface area contributed by atoms with Gasteiger partial charge >= 0.3 is 0 Å². The summed E-state index contributed by atoms with van der Waals surface area (Å²) in [7, 11) is 0. The normalized spacial score (nSPS) is 12.4. The van der Waals surface area contributed by atoms with Crippen molar-refractivity contribution in [2.24, 2.45) is 0 Å². The third kappa shape index (κ3) is 3.56. The number of aromatic nitrogens is 2. The molecule has 0 aliphatic carbocycles. The van der Waals surface area contributed by atoms with Crippen LogP contribution in [0, 0.1) is 6.92 Å². The van der Waals surface area contributed by atoms with Gasteiger partial charge in [0, 0.05) is 34.1 Å². The monoisotopic (exact) mass is 289 g/mol. The molecule has 0 saturated carbocycles. The van der Waals surface area contributed by atoms with Gasteiger partial charge in [-0.05, 0) is 51.1 Å². The van der Waals surface area contributed by atoms with Crippen molar-refractivity contribution in [3.63, 3.8) is 0 Å². The molecule has 1 heterocycles. The molecule has 1 atom stereocenters. The van der Waals surface area contributed by atoms with Gasteiger partial charge in [-0.25, -0.2) is 9.97 Å². The first-order valence-electron chi connectivity index (χ1n) is 6.94. The maximum Gasteiger partial charge on any atom is 0.159 e. The summed E-state index contributed by atoms with van der Waals surface area (Å²) in [6.07, 6.45) is 3.03. The van der Waals surface area contributed by atoms with E-state index in [1.165, 1.54) is 0 Å². The fourth-order valence-electron chi connectivity index (χ4n) is 2.11. The number of benzene rings is 1. The SMILES string of the molecule is CCCNC(C)c1cnc(-c2ccc(Cl)cc2)nc1C. The summed E-state index contributed by atoms with van der Waals surface area (Å²) >= 11 is 5.90. The molecule has 4 heteroatoms. The highest BCUT2D eigenvalue weighted by atomic mass is 35.5. The van der Waals surface area contributed by atoms with Crippen LogP contribution in [0.25, 0.3) is 11.4 Å². The molecule has 0 radical (unpaired) electrons. The van der Waals surface area contributed by atoms with Gasteiger partial charge in [-0.15, -0.1) is 0 Å². The molecular weight excluding hydrogens is 270 g/mol. The Balaban J connectivity index is 2.23. The molecule has 106 valence electrons. The van der Waals surface area contributed by atoms with Crippen LogP contribution in [0.2, 0.25) is 5.02 Å². The lowest BCUT2D eigenvalue weighted by Crippen LogP contribution is -2.20. The van der Waals surface area contributed by atoms with Crippen LogP contribution in [0.5, 0.6) is 0 Å². The number of aryl methyl sites for hydroxylation is 1. The molecule has 1 N–H and O–H groups in total. The van der Waals surface area contributed by atoms with Gasteiger partial charge in [0.25, 0.3) is 0 Å². The quantitative estimate of drug-likeness (QED) is 0.898. The summed E-state index contributed by atoms with van der Waals surface area (Å²) in [5.41, 5.74) is 3.15. The molecule has 2 rings (SSSR count). The molecule has 0 saturated heterocycles. The molecule has 3 nitrogen and oxygen atoms in total. The largest absolute Gasteiger partial charge is 0.310 e. The van der Waals surface area contributed by atoms with E-state index in [1.807, 2.05) is 37.4 Å². The van der Waals surface area contributed by atoms with Gasteiger partial charge in [-0.3, -0.25) is 0 Å². The van der Waals surface area contributed by atoms with Crippen molar-refractivity contribution in [3.05, 3.63) is 46.7 Å². The summed E-state index contributed by atoms with van der Waals surface area (Å²) in [5, 5.41) is 4.18. The first-order chi connectivity index (χ1) is 9.61. The summed E-state index contributed by atoms with van der Waals surface area (Å²) in [6.45, 7) is 7.33. The third-order valence-electron chi connectivity index (χ3n) is 3.29. The second-order valence-electron chi connectivity index (χ2n) is 4.92. The Hall–Kier alpha value is -1.45. The summed E-state index contributed by atoms with van der Waals surface area (Å²) in [4.78, 5) is 9.08. The first kappa shape index (κ1) is 14.9. The molecular formula is C16H20ClN3. The molecule has 1 aromatic heterocycles. The smallest absolute Gasteiger partial charge is 0.159 e. The minimum Gasteiger partial charge on any atom is -0.310 e. The molecule has 0 aliphatic rings. The van der Waals surface area contributed by atoms with E-state index in [0.717, 1.165) is 40.6 Å². The van der Waals surface area contributed by atoms with Crippen LogP contribution >= 0.6 is 11.6 Å². The number of hydrogen-bond acceptors (Lipinski definition) is 3. The maximum atomic E-state index is 5.90. The summed E-state index contributed by atoms with van der Waals surface area (Å²) < 4.78 is 0. The second-order valence-corrected chi connectivity index (χ2v) is 5.35. The van der Waals surface area contributed by atoms with Gasteiger partial charge in [0.2, 0.25) is 0 Å². The number of hydrogen-bond donors (Lipinski definition) is 1. The van der Waals surface area contributed by atoms with Gasteiger partial charge in [-0.1, -0.05) is 18.5 Å². The maximum absolute atomic E-state index is 5.90. The predicted octanol–water partition coefficient (Wildman–Crippen LogP) is 4.17. The summed E-state index contributed by atoms with van der Waals surface area (Å²) in [5.74, 6) is 0.741. The number of rotatable bonds is 5. The van der Waals surface area contributed by atoms with E-state index in [0.29, 0.717) is 0 Å². The van der Waals surface area contributed by atoms with Gasteiger partial charge < -0.3 is 5.32 Å². The molecule has 0 aliphatic heterocycles. The molecule has 0 spiro atoms. The zero-order valence-electron chi connectivity index (χ0n) is 12.2. The van der Waals surface area contributed by atoms with Crippen molar-refractivity contribution in [2.75, 3.05) is 6.54 Å². The molecule has 1 aromatic carbocycles. The van der Waals surface area contributed by atoms with Gasteiger partial charge in [0.15, 0.2) is 5.82 Å². The predicted molar refractivity (Wildman–Crippen MR) is 83.9 cm³/mol. The molecule has 2 aromatic rings. The molecule has 0 fully saturated rings. The van der Waals surface area contributed by atoms with Crippen LogP contribution in [0.4, 0.5) is 0 Å². The molecule has 1 unspecified atom stereocenters. The Kier molecular flexibility index (Phi) is 5.10. The van der Waals surface area contributed by atoms with Crippen LogP contribution in [0.1, 0.15) is 37.6 Å². The van der Waals surface area contributed by atoms with Crippen LogP contribution in [0.3, 0.4) is 0 Å². The van der Waals surface area contributed by atoms with Crippen molar-refractivity contribution >= 4 is 11.6 Å². The number of nitrogens with one attached hydrogen (secondary N) is 1. The van der Waals surface area contributed by atoms with Crippen molar-refractivity contribution in [2.45, 2.75) is 33.2 Å². The van der Waals surface area contributed by atoms with E-state index in [1.54, 1.807) is 0 Å². The van der Waals surface area contributed by atoms with E-state index >= 15 is 0 Å². The van der Waals surface area contributed by atoms with Gasteiger partial charge in [0.05, 0.1) is 0 Å². The fraction of sp³-hybridized carbons (Fsp3) is 0.375. The highest BCUT2D eigenvalue weighted by molar-refractivity contribution is 6.30. The van der Waals surface area contributed by atoms with Crippen LogP contribution in [-0.2, 0) is 0 Å². The lowest BCUT2D eigenvalue weighted by molar-refractivity contribution is 0.564. The Morgan fingerprint density at radius 3 is 2.55 bits per heavy atom. The average Bonchev–Trinajstić information content (AvgIpc) is 2.45. The zero-order chi connectivity index (χ0) is 14.5. The average molecular weight is 290 g/mol. The highest BCUT2D eigenvalue weighted by Gasteiger charge is 2.11. The Morgan fingerprint density at radius 2 is 1.95 bits per heavy atom. The Morgan fingerprint density at radius 1 is 1.25 bits per heavy atom. The van der Waals surface area contributed by atoms with E-state index in [-0.39, 0.29) is 6.04 Å². The van der Waals surface area contributed by atoms with E-state index in [2.05, 4.69) is 29.1 Å². The summed E-state index contributed by atoms with van der Waals surface area (Å²) in [6, 6.07) is 7.86. The van der Waals surface area contributed by atoms with Crippen molar-refractivity contribution < 1.29 is 0 Å². The van der Waals surface area contributed by atoms with Crippen molar-refractivity contribution in [3.8, 4) is 11.4 Å². The van der Waals surface area contributed by atoms with Gasteiger partial charge in [0.1, 0.15) is 0 Å². The highest BCUT2D eigenvalue weighted by Crippen LogP contribution is 2.21. The second kappa shape index (κ2) is 6.82. The van der Waals surface area contributed by atoms with Crippen molar-refractivity contribution in [1.82, 2.24) is 15.3 Å². The molecule has 0 bridgehead atoms. The number of nitrogens with zero attached hydrogens (tertiary/aromatic N) is 2. The minimum absolute atomic E-state index is 0.272. The van der Waals surface area contributed by atoms with E-state index < -0.39 is 0 Å². The number of halogens is 1. The molecule has 20 heavy (non-hydrogen) atoms. The standard InChI is InChI=1S/C16H20ClN3/c1-4-9-18-11(2)15-10-19-16(20-12(15)3)13-5-7-14(17)8-6-13/h5-8,10-11,18H,4,9H2,1-3H3. The Bertz CT molecular complexity index is 566. The van der Waals surface area contributed by atoms with Crippen molar-refractivity contribution in [1.29, 1.82) is 0 Å².